The van der Waals surface area contributed by atoms with Crippen molar-refractivity contribution in [3.8, 4) is 0 Å². The zero-order chi connectivity index (χ0) is 10.1. The van der Waals surface area contributed by atoms with Gasteiger partial charge in [0.05, 0.1) is 5.52 Å². The Morgan fingerprint density at radius 3 is 2.79 bits per heavy atom. The Hall–Kier alpha value is -1.61. The lowest BCUT2D eigenvalue weighted by Crippen LogP contribution is -1.98. The molecule has 0 aliphatic rings. The molecule has 0 spiro atoms. The van der Waals surface area contributed by atoms with Gasteiger partial charge in [-0.3, -0.25) is 4.98 Å². The molecule has 2 rings (SSSR count). The molecule has 0 unspecified atom stereocenters. The van der Waals surface area contributed by atoms with Crippen molar-refractivity contribution in [1.82, 2.24) is 4.98 Å². The number of fused-ring (bicyclic) bond motifs is 1. The summed E-state index contributed by atoms with van der Waals surface area (Å²) in [5.41, 5.74) is 15.2. The van der Waals surface area contributed by atoms with Gasteiger partial charge in [-0.05, 0) is 30.7 Å². The van der Waals surface area contributed by atoms with Gasteiger partial charge in [0, 0.05) is 23.3 Å². The molecule has 4 N–H and O–H groups in total. The predicted molar refractivity (Wildman–Crippen MR) is 58.8 cm³/mol. The summed E-state index contributed by atoms with van der Waals surface area (Å²) in [4.78, 5) is 4.39. The maximum atomic E-state index is 5.90. The fraction of sp³-hybridized carbons (Fsp3) is 0.182. The van der Waals surface area contributed by atoms with Crippen molar-refractivity contribution >= 4 is 16.6 Å². The van der Waals surface area contributed by atoms with E-state index in [9.17, 15) is 0 Å². The third-order valence-electron chi connectivity index (χ3n) is 2.27. The first-order chi connectivity index (χ1) is 6.70. The minimum atomic E-state index is 0.531. The van der Waals surface area contributed by atoms with Gasteiger partial charge in [-0.2, -0.15) is 0 Å². The molecule has 0 saturated heterocycles. The van der Waals surface area contributed by atoms with E-state index < -0.39 is 0 Å². The maximum absolute atomic E-state index is 5.90. The molecule has 0 radical (unpaired) electrons. The molecule has 0 bridgehead atoms. The van der Waals surface area contributed by atoms with E-state index in [4.69, 9.17) is 11.5 Å². The van der Waals surface area contributed by atoms with Gasteiger partial charge in [0.2, 0.25) is 0 Å². The zero-order valence-electron chi connectivity index (χ0n) is 8.12. The summed E-state index contributed by atoms with van der Waals surface area (Å²) >= 11 is 0. The topological polar surface area (TPSA) is 64.9 Å². The van der Waals surface area contributed by atoms with Crippen LogP contribution in [0, 0.1) is 6.92 Å². The van der Waals surface area contributed by atoms with E-state index in [-0.39, 0.29) is 0 Å². The second-order valence-electron chi connectivity index (χ2n) is 3.41. The van der Waals surface area contributed by atoms with Crippen LogP contribution in [0.4, 0.5) is 5.69 Å². The van der Waals surface area contributed by atoms with Crippen LogP contribution in [0.15, 0.2) is 24.3 Å². The van der Waals surface area contributed by atoms with Crippen LogP contribution < -0.4 is 11.5 Å². The minimum absolute atomic E-state index is 0.531. The van der Waals surface area contributed by atoms with Gasteiger partial charge in [-0.15, -0.1) is 0 Å². The summed E-state index contributed by atoms with van der Waals surface area (Å²) in [5.74, 6) is 0. The Kier molecular flexibility index (Phi) is 2.09. The van der Waals surface area contributed by atoms with Gasteiger partial charge >= 0.3 is 0 Å². The molecule has 1 aromatic carbocycles. The van der Waals surface area contributed by atoms with E-state index >= 15 is 0 Å². The normalized spacial score (nSPS) is 10.7. The molecule has 72 valence electrons. The maximum Gasteiger partial charge on any atom is 0.0726 e. The van der Waals surface area contributed by atoms with Crippen LogP contribution in [0.25, 0.3) is 10.9 Å². The molecule has 0 saturated carbocycles. The number of hydrogen-bond donors (Lipinski definition) is 2. The number of nitrogens with two attached hydrogens (primary N) is 2. The summed E-state index contributed by atoms with van der Waals surface area (Å²) in [5, 5.41) is 0.985. The van der Waals surface area contributed by atoms with E-state index in [1.807, 2.05) is 31.2 Å². The molecular weight excluding hydrogens is 174 g/mol. The second kappa shape index (κ2) is 3.27. The molecule has 0 aliphatic heterocycles. The average Bonchev–Trinajstić information content (AvgIpc) is 2.17. The summed E-state index contributed by atoms with van der Waals surface area (Å²) in [6, 6.07) is 7.81. The second-order valence-corrected chi connectivity index (χ2v) is 3.41. The van der Waals surface area contributed by atoms with Gasteiger partial charge < -0.3 is 11.5 Å². The van der Waals surface area contributed by atoms with Crippen LogP contribution in [0.3, 0.4) is 0 Å². The SMILES string of the molecule is Cc1cc(N)c2cc(CN)ccc2n1. The van der Waals surface area contributed by atoms with E-state index in [1.54, 1.807) is 0 Å². The Labute approximate surface area is 82.7 Å². The molecule has 0 aliphatic carbocycles. The Morgan fingerprint density at radius 1 is 1.29 bits per heavy atom. The van der Waals surface area contributed by atoms with Gasteiger partial charge in [0.25, 0.3) is 0 Å². The smallest absolute Gasteiger partial charge is 0.0726 e. The fourth-order valence-electron chi connectivity index (χ4n) is 1.56. The fourth-order valence-corrected chi connectivity index (χ4v) is 1.56. The molecule has 3 nitrogen and oxygen atoms in total. The van der Waals surface area contributed by atoms with Crippen LogP contribution in [0.5, 0.6) is 0 Å². The first-order valence-corrected chi connectivity index (χ1v) is 4.56. The molecule has 1 aromatic heterocycles. The van der Waals surface area contributed by atoms with E-state index in [2.05, 4.69) is 4.98 Å². The van der Waals surface area contributed by atoms with Gasteiger partial charge in [0.15, 0.2) is 0 Å². The van der Waals surface area contributed by atoms with Crippen LogP contribution in [-0.2, 0) is 6.54 Å². The Balaban J connectivity index is 2.75. The molecule has 14 heavy (non-hydrogen) atoms. The Bertz CT molecular complexity index is 477. The highest BCUT2D eigenvalue weighted by Gasteiger charge is 2.01. The highest BCUT2D eigenvalue weighted by atomic mass is 14.7. The lowest BCUT2D eigenvalue weighted by atomic mass is 10.1. The zero-order valence-corrected chi connectivity index (χ0v) is 8.12. The molecule has 2 aromatic rings. The summed E-state index contributed by atoms with van der Waals surface area (Å²) < 4.78 is 0. The number of anilines is 1. The third-order valence-corrected chi connectivity index (χ3v) is 2.27. The summed E-state index contributed by atoms with van der Waals surface area (Å²) in [7, 11) is 0. The first kappa shape index (κ1) is 8.97. The quantitative estimate of drug-likeness (QED) is 0.712. The van der Waals surface area contributed by atoms with Crippen molar-refractivity contribution in [3.05, 3.63) is 35.5 Å². The predicted octanol–water partition coefficient (Wildman–Crippen LogP) is 1.58. The van der Waals surface area contributed by atoms with Crippen molar-refractivity contribution in [1.29, 1.82) is 0 Å². The van der Waals surface area contributed by atoms with E-state index in [0.717, 1.165) is 27.8 Å². The van der Waals surface area contributed by atoms with Crippen LogP contribution in [0.1, 0.15) is 11.3 Å². The third kappa shape index (κ3) is 1.42. The minimum Gasteiger partial charge on any atom is -0.398 e. The number of hydrogen-bond acceptors (Lipinski definition) is 3. The summed E-state index contributed by atoms with van der Waals surface area (Å²) in [6.45, 7) is 2.47. The molecule has 0 fully saturated rings. The van der Waals surface area contributed by atoms with Crippen molar-refractivity contribution in [2.24, 2.45) is 5.73 Å². The standard InChI is InChI=1S/C11H13N3/c1-7-4-10(13)9-5-8(6-12)2-3-11(9)14-7/h2-5H,6,12H2,1H3,(H2,13,14). The van der Waals surface area contributed by atoms with Crippen molar-refractivity contribution in [2.45, 2.75) is 13.5 Å². The van der Waals surface area contributed by atoms with Crippen LogP contribution >= 0.6 is 0 Å². The molecule has 3 heteroatoms. The molecule has 1 heterocycles. The number of aryl methyl sites for hydroxylation is 1. The highest BCUT2D eigenvalue weighted by Crippen LogP contribution is 2.21. The van der Waals surface area contributed by atoms with Crippen molar-refractivity contribution in [3.63, 3.8) is 0 Å². The van der Waals surface area contributed by atoms with E-state index in [0.29, 0.717) is 6.54 Å². The number of nitrogens with zero attached hydrogens (tertiary/aromatic N) is 1. The number of benzene rings is 1. The highest BCUT2D eigenvalue weighted by molar-refractivity contribution is 5.90. The van der Waals surface area contributed by atoms with E-state index in [1.165, 1.54) is 0 Å². The largest absolute Gasteiger partial charge is 0.398 e. The molecule has 0 amide bonds. The monoisotopic (exact) mass is 187 g/mol. The first-order valence-electron chi connectivity index (χ1n) is 4.56. The number of rotatable bonds is 1. The van der Waals surface area contributed by atoms with Crippen molar-refractivity contribution < 1.29 is 0 Å². The number of aromatic nitrogens is 1. The lowest BCUT2D eigenvalue weighted by molar-refractivity contribution is 1.07. The Morgan fingerprint density at radius 2 is 2.07 bits per heavy atom. The van der Waals surface area contributed by atoms with Crippen molar-refractivity contribution in [2.75, 3.05) is 5.73 Å². The molecular formula is C11H13N3. The van der Waals surface area contributed by atoms with Crippen LogP contribution in [-0.4, -0.2) is 4.98 Å². The van der Waals surface area contributed by atoms with Gasteiger partial charge in [-0.1, -0.05) is 6.07 Å². The van der Waals surface area contributed by atoms with Crippen LogP contribution in [0.2, 0.25) is 0 Å². The van der Waals surface area contributed by atoms with Gasteiger partial charge in [0.1, 0.15) is 0 Å². The number of pyridine rings is 1. The lowest BCUT2D eigenvalue weighted by Gasteiger charge is -2.05. The number of nitrogen functional groups attached to an aromatic ring is 1. The van der Waals surface area contributed by atoms with Gasteiger partial charge in [-0.25, -0.2) is 0 Å². The molecule has 0 atom stereocenters. The summed E-state index contributed by atoms with van der Waals surface area (Å²) in [6.07, 6.45) is 0. The average molecular weight is 187 g/mol.